The van der Waals surface area contributed by atoms with E-state index in [4.69, 9.17) is 4.74 Å². The zero-order valence-electron chi connectivity index (χ0n) is 16.5. The number of ether oxygens (including phenoxy) is 1. The summed E-state index contributed by atoms with van der Waals surface area (Å²) in [5, 5.41) is 17.8. The SMILES string of the molecule is CC(C)Cn1c(O)c(C(=O)NC2CC2)c(=O)n2ncc(COc3ccccc3)c12. The number of fused-ring (bicyclic) bond motifs is 1. The molecule has 8 heteroatoms. The summed E-state index contributed by atoms with van der Waals surface area (Å²) in [7, 11) is 0. The molecule has 1 amide bonds. The molecule has 1 aromatic carbocycles. The summed E-state index contributed by atoms with van der Waals surface area (Å²) >= 11 is 0. The minimum absolute atomic E-state index is 0.0722. The molecular weight excluding hydrogens is 372 g/mol. The molecular formula is C21H24N4O4. The van der Waals surface area contributed by atoms with Crippen LogP contribution in [0, 0.1) is 5.92 Å². The van der Waals surface area contributed by atoms with Crippen LogP contribution < -0.4 is 15.6 Å². The standard InChI is InChI=1S/C21H24N4O4/c1-13(2)11-24-19-14(12-29-16-6-4-3-5-7-16)10-22-25(19)21(28)17(20(24)27)18(26)23-15-8-9-15/h3-7,10,13,15,27H,8-9,11-12H2,1-2H3,(H,23,26). The van der Waals surface area contributed by atoms with E-state index in [1.807, 2.05) is 44.2 Å². The molecule has 1 saturated carbocycles. The molecule has 0 bridgehead atoms. The smallest absolute Gasteiger partial charge is 0.291 e. The molecule has 0 aliphatic heterocycles. The van der Waals surface area contributed by atoms with Gasteiger partial charge in [0.05, 0.1) is 11.8 Å². The van der Waals surface area contributed by atoms with Crippen molar-refractivity contribution in [3.8, 4) is 11.6 Å². The van der Waals surface area contributed by atoms with Crippen LogP contribution in [-0.4, -0.2) is 31.2 Å². The predicted octanol–water partition coefficient (Wildman–Crippen LogP) is 2.33. The van der Waals surface area contributed by atoms with Crippen molar-refractivity contribution in [2.24, 2.45) is 5.92 Å². The van der Waals surface area contributed by atoms with E-state index in [-0.39, 0.29) is 30.0 Å². The van der Waals surface area contributed by atoms with Crippen molar-refractivity contribution in [3.63, 3.8) is 0 Å². The number of carbonyl (C=O) groups excluding carboxylic acids is 1. The molecule has 1 aliphatic rings. The Morgan fingerprint density at radius 1 is 1.31 bits per heavy atom. The largest absolute Gasteiger partial charge is 0.494 e. The number of amides is 1. The van der Waals surface area contributed by atoms with E-state index >= 15 is 0 Å². The maximum absolute atomic E-state index is 12.9. The number of hydrogen-bond donors (Lipinski definition) is 2. The first-order valence-electron chi connectivity index (χ1n) is 9.76. The summed E-state index contributed by atoms with van der Waals surface area (Å²) in [4.78, 5) is 25.5. The van der Waals surface area contributed by atoms with Crippen molar-refractivity contribution < 1.29 is 14.6 Å². The molecule has 2 heterocycles. The van der Waals surface area contributed by atoms with Crippen molar-refractivity contribution >= 4 is 11.6 Å². The zero-order chi connectivity index (χ0) is 20.5. The van der Waals surface area contributed by atoms with Gasteiger partial charge in [-0.05, 0) is 30.9 Å². The fraction of sp³-hybridized carbons (Fsp3) is 0.381. The molecule has 29 heavy (non-hydrogen) atoms. The highest BCUT2D eigenvalue weighted by atomic mass is 16.5. The van der Waals surface area contributed by atoms with Crippen molar-refractivity contribution in [2.75, 3.05) is 0 Å². The summed E-state index contributed by atoms with van der Waals surface area (Å²) in [5.41, 5.74) is 0.168. The lowest BCUT2D eigenvalue weighted by Crippen LogP contribution is -2.34. The highest BCUT2D eigenvalue weighted by Gasteiger charge is 2.30. The van der Waals surface area contributed by atoms with E-state index in [1.54, 1.807) is 10.8 Å². The average Bonchev–Trinajstić information content (AvgIpc) is 3.40. The number of nitrogens with one attached hydrogen (secondary N) is 1. The normalized spacial score (nSPS) is 13.8. The molecule has 0 unspecified atom stereocenters. The van der Waals surface area contributed by atoms with Crippen molar-refractivity contribution in [1.82, 2.24) is 19.5 Å². The third kappa shape index (κ3) is 3.83. The predicted molar refractivity (Wildman–Crippen MR) is 107 cm³/mol. The second-order valence-electron chi connectivity index (χ2n) is 7.76. The maximum Gasteiger partial charge on any atom is 0.291 e. The molecule has 0 radical (unpaired) electrons. The van der Waals surface area contributed by atoms with Gasteiger partial charge in [0.25, 0.3) is 11.5 Å². The molecule has 4 rings (SSSR count). The van der Waals surface area contributed by atoms with Crippen molar-refractivity contribution in [3.05, 3.63) is 58.0 Å². The number of rotatable bonds is 7. The zero-order valence-corrected chi connectivity index (χ0v) is 16.5. The fourth-order valence-electron chi connectivity index (χ4n) is 3.25. The van der Waals surface area contributed by atoms with Crippen LogP contribution in [0.4, 0.5) is 0 Å². The maximum atomic E-state index is 12.9. The molecule has 2 N–H and O–H groups in total. The lowest BCUT2D eigenvalue weighted by atomic mass is 10.2. The monoisotopic (exact) mass is 396 g/mol. The second-order valence-corrected chi connectivity index (χ2v) is 7.76. The van der Waals surface area contributed by atoms with Crippen LogP contribution in [0.15, 0.2) is 41.3 Å². The van der Waals surface area contributed by atoms with Gasteiger partial charge in [-0.1, -0.05) is 32.0 Å². The van der Waals surface area contributed by atoms with Gasteiger partial charge in [-0.15, -0.1) is 0 Å². The summed E-state index contributed by atoms with van der Waals surface area (Å²) in [6.07, 6.45) is 3.31. The van der Waals surface area contributed by atoms with E-state index in [9.17, 15) is 14.7 Å². The molecule has 3 aromatic rings. The van der Waals surface area contributed by atoms with E-state index in [2.05, 4.69) is 10.4 Å². The van der Waals surface area contributed by atoms with Crippen molar-refractivity contribution in [1.29, 1.82) is 0 Å². The molecule has 0 spiro atoms. The number of aromatic nitrogens is 3. The Kier molecular flexibility index (Phi) is 5.00. The quantitative estimate of drug-likeness (QED) is 0.639. The molecule has 1 aliphatic carbocycles. The lowest BCUT2D eigenvalue weighted by Gasteiger charge is -2.17. The van der Waals surface area contributed by atoms with Gasteiger partial charge in [-0.2, -0.15) is 9.61 Å². The number of hydrogen-bond acceptors (Lipinski definition) is 5. The molecule has 2 aromatic heterocycles. The molecule has 8 nitrogen and oxygen atoms in total. The second kappa shape index (κ2) is 7.62. The summed E-state index contributed by atoms with van der Waals surface area (Å²) in [6.45, 7) is 4.59. The van der Waals surface area contributed by atoms with Crippen molar-refractivity contribution in [2.45, 2.75) is 45.9 Å². The Balaban J connectivity index is 1.78. The molecule has 0 atom stereocenters. The van der Waals surface area contributed by atoms with Gasteiger partial charge in [0, 0.05) is 12.6 Å². The highest BCUT2D eigenvalue weighted by molar-refractivity contribution is 5.96. The van der Waals surface area contributed by atoms with Crippen LogP contribution in [0.5, 0.6) is 11.6 Å². The van der Waals surface area contributed by atoms with E-state index in [0.29, 0.717) is 23.5 Å². The Labute approximate surface area is 167 Å². The van der Waals surface area contributed by atoms with Crippen LogP contribution in [0.25, 0.3) is 5.65 Å². The summed E-state index contributed by atoms with van der Waals surface area (Å²) in [6, 6.07) is 9.39. The molecule has 0 saturated heterocycles. The van der Waals surface area contributed by atoms with Gasteiger partial charge >= 0.3 is 0 Å². The van der Waals surface area contributed by atoms with Gasteiger partial charge in [0.15, 0.2) is 5.56 Å². The topological polar surface area (TPSA) is 97.9 Å². The minimum Gasteiger partial charge on any atom is -0.494 e. The number of benzene rings is 1. The number of para-hydroxylation sites is 1. The highest BCUT2D eigenvalue weighted by Crippen LogP contribution is 2.24. The first kappa shape index (κ1) is 19.0. The first-order chi connectivity index (χ1) is 14.0. The lowest BCUT2D eigenvalue weighted by molar-refractivity contribution is 0.0944. The fourth-order valence-corrected chi connectivity index (χ4v) is 3.25. The first-order valence-corrected chi connectivity index (χ1v) is 9.76. The number of carbonyl (C=O) groups is 1. The van der Waals surface area contributed by atoms with Gasteiger partial charge in [0.1, 0.15) is 18.0 Å². The van der Waals surface area contributed by atoms with Crippen LogP contribution in [0.2, 0.25) is 0 Å². The third-order valence-electron chi connectivity index (χ3n) is 4.78. The Morgan fingerprint density at radius 2 is 2.03 bits per heavy atom. The van der Waals surface area contributed by atoms with E-state index in [0.717, 1.165) is 12.8 Å². The van der Waals surface area contributed by atoms with Gasteiger partial charge in [-0.3, -0.25) is 14.2 Å². The Bertz CT molecular complexity index is 1100. The summed E-state index contributed by atoms with van der Waals surface area (Å²) < 4.78 is 8.56. The van der Waals surface area contributed by atoms with Crippen LogP contribution in [-0.2, 0) is 13.2 Å². The molecule has 1 fully saturated rings. The summed E-state index contributed by atoms with van der Waals surface area (Å²) in [5.74, 6) is -0.0404. The van der Waals surface area contributed by atoms with Gasteiger partial charge in [0.2, 0.25) is 5.88 Å². The number of nitrogens with zero attached hydrogens (tertiary/aromatic N) is 3. The van der Waals surface area contributed by atoms with E-state index in [1.165, 1.54) is 4.52 Å². The van der Waals surface area contributed by atoms with Gasteiger partial charge < -0.3 is 15.2 Å². The van der Waals surface area contributed by atoms with Gasteiger partial charge in [-0.25, -0.2) is 0 Å². The molecule has 152 valence electrons. The Morgan fingerprint density at radius 3 is 2.69 bits per heavy atom. The minimum atomic E-state index is -0.637. The third-order valence-corrected chi connectivity index (χ3v) is 4.78. The van der Waals surface area contributed by atoms with Crippen LogP contribution >= 0.6 is 0 Å². The van der Waals surface area contributed by atoms with Crippen LogP contribution in [0.3, 0.4) is 0 Å². The number of aromatic hydroxyl groups is 1. The van der Waals surface area contributed by atoms with E-state index < -0.39 is 11.5 Å². The average molecular weight is 396 g/mol. The Hall–Kier alpha value is -3.29. The van der Waals surface area contributed by atoms with Crippen LogP contribution in [0.1, 0.15) is 42.6 Å².